The van der Waals surface area contributed by atoms with Gasteiger partial charge < -0.3 is 0 Å². The van der Waals surface area contributed by atoms with Gasteiger partial charge in [-0.25, -0.2) is 9.97 Å². The summed E-state index contributed by atoms with van der Waals surface area (Å²) in [6, 6.07) is 84.1. The van der Waals surface area contributed by atoms with Crippen LogP contribution in [-0.2, 0) is 5.41 Å². The van der Waals surface area contributed by atoms with Crippen molar-refractivity contribution in [2.24, 2.45) is 0 Å². The van der Waals surface area contributed by atoms with Gasteiger partial charge in [-0.05, 0) is 95.0 Å². The summed E-state index contributed by atoms with van der Waals surface area (Å²) in [7, 11) is 0. The fourth-order valence-corrected chi connectivity index (χ4v) is 10.8. The van der Waals surface area contributed by atoms with Crippen LogP contribution in [0.3, 0.4) is 0 Å². The minimum Gasteiger partial charge on any atom is -0.245 e. The van der Waals surface area contributed by atoms with Crippen LogP contribution in [0.1, 0.15) is 22.3 Å². The Kier molecular flexibility index (Phi) is 7.85. The van der Waals surface area contributed by atoms with Crippen molar-refractivity contribution in [1.29, 1.82) is 0 Å². The monoisotopic (exact) mass is 798 g/mol. The van der Waals surface area contributed by atoms with Gasteiger partial charge in [0.1, 0.15) is 0 Å². The van der Waals surface area contributed by atoms with E-state index in [1.165, 1.54) is 76.8 Å². The fraction of sp³-hybridized carbons (Fsp3) is 0.0164. The maximum absolute atomic E-state index is 5.50. The Morgan fingerprint density at radius 3 is 1.41 bits per heavy atom. The number of nitrogens with zero attached hydrogens (tertiary/aromatic N) is 2. The lowest BCUT2D eigenvalue weighted by Crippen LogP contribution is -2.28. The first-order valence-electron chi connectivity index (χ1n) is 21.7. The van der Waals surface area contributed by atoms with Gasteiger partial charge in [-0.2, -0.15) is 0 Å². The predicted molar refractivity (Wildman–Crippen MR) is 263 cm³/mol. The Bertz CT molecular complexity index is 3680. The number of hydrogen-bond donors (Lipinski definition) is 0. The van der Waals surface area contributed by atoms with Gasteiger partial charge in [0.25, 0.3) is 0 Å². The summed E-state index contributed by atoms with van der Waals surface area (Å²) >= 11 is 0. The molecule has 13 rings (SSSR count). The van der Waals surface area contributed by atoms with E-state index in [1.54, 1.807) is 0 Å². The quantitative estimate of drug-likeness (QED) is 0.128. The van der Waals surface area contributed by atoms with Crippen LogP contribution in [0.5, 0.6) is 0 Å². The van der Waals surface area contributed by atoms with Crippen molar-refractivity contribution >= 4 is 54.1 Å². The third-order valence-electron chi connectivity index (χ3n) is 13.5. The smallest absolute Gasteiger partial charge is 0.0972 e. The van der Waals surface area contributed by atoms with Crippen LogP contribution in [0.4, 0.5) is 0 Å². The van der Waals surface area contributed by atoms with Gasteiger partial charge in [0.2, 0.25) is 0 Å². The van der Waals surface area contributed by atoms with Crippen molar-refractivity contribution in [3.05, 3.63) is 253 Å². The van der Waals surface area contributed by atoms with E-state index in [4.69, 9.17) is 9.97 Å². The van der Waals surface area contributed by atoms with Crippen molar-refractivity contribution < 1.29 is 0 Å². The second kappa shape index (κ2) is 13.9. The first-order valence-corrected chi connectivity index (χ1v) is 21.7. The van der Waals surface area contributed by atoms with Crippen molar-refractivity contribution in [3.8, 4) is 44.8 Å². The van der Waals surface area contributed by atoms with E-state index in [0.717, 1.165) is 44.3 Å². The van der Waals surface area contributed by atoms with E-state index in [2.05, 4.69) is 224 Å². The molecule has 0 atom stereocenters. The Balaban J connectivity index is 1.02. The number of hydrogen-bond acceptors (Lipinski definition) is 2. The van der Waals surface area contributed by atoms with Crippen LogP contribution in [-0.4, -0.2) is 9.97 Å². The van der Waals surface area contributed by atoms with E-state index in [-0.39, 0.29) is 0 Å². The molecule has 0 N–H and O–H groups in total. The molecule has 0 spiro atoms. The van der Waals surface area contributed by atoms with E-state index in [0.29, 0.717) is 0 Å². The maximum atomic E-state index is 5.50. The molecule has 0 saturated carbocycles. The minimum absolute atomic E-state index is 0.438. The molecule has 0 bridgehead atoms. The molecule has 2 aromatic heterocycles. The molecule has 12 aromatic rings. The summed E-state index contributed by atoms with van der Waals surface area (Å²) in [5.41, 5.74) is 15.7. The summed E-state index contributed by atoms with van der Waals surface area (Å²) in [6.45, 7) is 0. The summed E-state index contributed by atoms with van der Waals surface area (Å²) in [6.07, 6.45) is 0. The average Bonchev–Trinajstić information content (AvgIpc) is 3.67. The average molecular weight is 799 g/mol. The first-order chi connectivity index (χ1) is 31.3. The molecular weight excluding hydrogens is 761 g/mol. The third-order valence-corrected chi connectivity index (χ3v) is 13.5. The molecule has 2 heterocycles. The molecule has 2 nitrogen and oxygen atoms in total. The largest absolute Gasteiger partial charge is 0.245 e. The molecule has 63 heavy (non-hydrogen) atoms. The topological polar surface area (TPSA) is 25.8 Å². The van der Waals surface area contributed by atoms with Gasteiger partial charge in [-0.15, -0.1) is 0 Å². The van der Waals surface area contributed by atoms with Crippen molar-refractivity contribution in [2.75, 3.05) is 0 Å². The lowest BCUT2D eigenvalue weighted by Gasteiger charge is -2.33. The van der Waals surface area contributed by atoms with Crippen LogP contribution < -0.4 is 0 Å². The molecule has 0 aliphatic heterocycles. The Morgan fingerprint density at radius 2 is 0.778 bits per heavy atom. The highest BCUT2D eigenvalue weighted by Crippen LogP contribution is 2.58. The van der Waals surface area contributed by atoms with E-state index < -0.39 is 5.41 Å². The molecule has 292 valence electrons. The van der Waals surface area contributed by atoms with Gasteiger partial charge >= 0.3 is 0 Å². The number of benzene rings is 10. The standard InChI is InChI=1S/C61H38N2/c1-4-16-39(17-5-1)54-36-32-40-28-29-41-33-37-55(63-60(41)59(40)62-54)58-49-24-12-10-22-47(49)56(48-23-11-13-25-50(48)58)43-30-34-46-42(38-43)31-35-53-57(46)51-26-14-15-27-52(51)61(53,44-18-6-2-7-19-44)45-20-8-3-9-21-45/h1-38H. The van der Waals surface area contributed by atoms with Gasteiger partial charge in [0.15, 0.2) is 0 Å². The Hall–Kier alpha value is -8.20. The lowest BCUT2D eigenvalue weighted by atomic mass is 9.67. The molecule has 1 aliphatic carbocycles. The zero-order chi connectivity index (χ0) is 41.5. The van der Waals surface area contributed by atoms with Crippen LogP contribution in [0, 0.1) is 0 Å². The van der Waals surface area contributed by atoms with E-state index in [1.807, 2.05) is 6.07 Å². The molecular formula is C61H38N2. The Labute approximate surface area is 365 Å². The zero-order valence-corrected chi connectivity index (χ0v) is 34.3. The number of fused-ring (bicyclic) bond motifs is 10. The SMILES string of the molecule is c1ccc(-c2ccc3ccc4ccc(-c5c6ccccc6c(-c6ccc7c8c(ccc7c6)C(c6ccccc6)(c6ccccc6)c6ccccc6-8)c6ccccc56)nc4c3n2)cc1. The summed E-state index contributed by atoms with van der Waals surface area (Å²) in [5, 5.41) is 9.39. The molecule has 0 fully saturated rings. The van der Waals surface area contributed by atoms with E-state index >= 15 is 0 Å². The highest BCUT2D eigenvalue weighted by molar-refractivity contribution is 6.22. The van der Waals surface area contributed by atoms with E-state index in [9.17, 15) is 0 Å². The molecule has 0 radical (unpaired) electrons. The predicted octanol–water partition coefficient (Wildman–Crippen LogP) is 15.6. The molecule has 0 amide bonds. The van der Waals surface area contributed by atoms with Crippen LogP contribution >= 0.6 is 0 Å². The number of aromatic nitrogens is 2. The molecule has 0 saturated heterocycles. The first kappa shape index (κ1) is 35.5. The minimum atomic E-state index is -0.438. The van der Waals surface area contributed by atoms with Crippen LogP contribution in [0.25, 0.3) is 98.9 Å². The number of rotatable bonds is 5. The van der Waals surface area contributed by atoms with Crippen molar-refractivity contribution in [3.63, 3.8) is 0 Å². The zero-order valence-electron chi connectivity index (χ0n) is 34.3. The van der Waals surface area contributed by atoms with Crippen molar-refractivity contribution in [1.82, 2.24) is 9.97 Å². The summed E-state index contributed by atoms with van der Waals surface area (Å²) in [4.78, 5) is 10.7. The molecule has 2 heteroatoms. The second-order valence-electron chi connectivity index (χ2n) is 16.8. The highest BCUT2D eigenvalue weighted by atomic mass is 14.8. The highest BCUT2D eigenvalue weighted by Gasteiger charge is 2.46. The number of pyridine rings is 2. The van der Waals surface area contributed by atoms with Gasteiger partial charge in [-0.1, -0.05) is 212 Å². The third kappa shape index (κ3) is 5.25. The summed E-state index contributed by atoms with van der Waals surface area (Å²) < 4.78 is 0. The summed E-state index contributed by atoms with van der Waals surface area (Å²) in [5.74, 6) is 0. The Morgan fingerprint density at radius 1 is 0.286 bits per heavy atom. The van der Waals surface area contributed by atoms with Gasteiger partial charge in [0.05, 0.1) is 27.8 Å². The molecule has 10 aromatic carbocycles. The normalized spacial score (nSPS) is 12.9. The maximum Gasteiger partial charge on any atom is 0.0972 e. The van der Waals surface area contributed by atoms with Gasteiger partial charge in [-0.3, -0.25) is 0 Å². The lowest BCUT2D eigenvalue weighted by molar-refractivity contribution is 0.769. The van der Waals surface area contributed by atoms with Crippen molar-refractivity contribution in [2.45, 2.75) is 5.41 Å². The molecule has 1 aliphatic rings. The fourth-order valence-electron chi connectivity index (χ4n) is 10.8. The van der Waals surface area contributed by atoms with Crippen LogP contribution in [0.15, 0.2) is 231 Å². The van der Waals surface area contributed by atoms with Gasteiger partial charge in [0, 0.05) is 21.9 Å². The molecule has 0 unspecified atom stereocenters. The van der Waals surface area contributed by atoms with Crippen LogP contribution in [0.2, 0.25) is 0 Å². The second-order valence-corrected chi connectivity index (χ2v) is 16.8.